The summed E-state index contributed by atoms with van der Waals surface area (Å²) < 4.78 is 39.6. The SMILES string of the molecule is C=C1N(CCC)c2ccc(C)cc2C12CCN(CCCc1ccc(C)c(C(F)(F)F)c1)CC2. The molecule has 0 N–H and O–H groups in total. The number of allylic oxidation sites excluding steroid dienone is 1. The molecule has 5 heteroatoms. The van der Waals surface area contributed by atoms with Gasteiger partial charge in [-0.05, 0) is 94.4 Å². The zero-order chi connectivity index (χ0) is 23.8. The summed E-state index contributed by atoms with van der Waals surface area (Å²) >= 11 is 0. The third kappa shape index (κ3) is 4.57. The number of likely N-dealkylation sites (tertiary alicyclic amines) is 1. The van der Waals surface area contributed by atoms with Gasteiger partial charge in [0, 0.05) is 23.3 Å². The lowest BCUT2D eigenvalue weighted by atomic mass is 9.72. The Kier molecular flexibility index (Phi) is 6.63. The van der Waals surface area contributed by atoms with Crippen LogP contribution >= 0.6 is 0 Å². The number of fused-ring (bicyclic) bond motifs is 2. The summed E-state index contributed by atoms with van der Waals surface area (Å²) in [4.78, 5) is 4.88. The summed E-state index contributed by atoms with van der Waals surface area (Å²) in [5.41, 5.74) is 5.85. The highest BCUT2D eigenvalue weighted by Crippen LogP contribution is 2.53. The predicted molar refractivity (Wildman–Crippen MR) is 130 cm³/mol. The summed E-state index contributed by atoms with van der Waals surface area (Å²) in [6.07, 6.45) is 0.432. The molecule has 2 aromatic rings. The van der Waals surface area contributed by atoms with Crippen LogP contribution in [0.25, 0.3) is 0 Å². The molecule has 2 nitrogen and oxygen atoms in total. The smallest absolute Gasteiger partial charge is 0.345 e. The topological polar surface area (TPSA) is 6.48 Å². The highest BCUT2D eigenvalue weighted by Gasteiger charge is 2.47. The minimum absolute atomic E-state index is 0.0194. The van der Waals surface area contributed by atoms with Crippen molar-refractivity contribution in [2.24, 2.45) is 0 Å². The Labute approximate surface area is 196 Å². The van der Waals surface area contributed by atoms with Crippen LogP contribution in [-0.4, -0.2) is 31.1 Å². The Morgan fingerprint density at radius 3 is 2.39 bits per heavy atom. The van der Waals surface area contributed by atoms with E-state index in [4.69, 9.17) is 0 Å². The molecular weight excluding hydrogens is 421 g/mol. The molecule has 0 atom stereocenters. The highest BCUT2D eigenvalue weighted by atomic mass is 19.4. The number of benzene rings is 2. The molecule has 178 valence electrons. The minimum atomic E-state index is -4.29. The molecule has 0 aliphatic carbocycles. The van der Waals surface area contributed by atoms with Crippen LogP contribution in [0.15, 0.2) is 48.7 Å². The Balaban J connectivity index is 1.39. The third-order valence-electron chi connectivity index (χ3n) is 7.54. The molecule has 2 heterocycles. The molecule has 2 aliphatic heterocycles. The van der Waals surface area contributed by atoms with Crippen molar-refractivity contribution >= 4 is 5.69 Å². The molecule has 1 spiro atoms. The van der Waals surface area contributed by atoms with E-state index in [2.05, 4.69) is 48.4 Å². The van der Waals surface area contributed by atoms with E-state index in [1.165, 1.54) is 35.5 Å². The van der Waals surface area contributed by atoms with Crippen molar-refractivity contribution in [1.29, 1.82) is 0 Å². The van der Waals surface area contributed by atoms with Gasteiger partial charge < -0.3 is 9.80 Å². The summed E-state index contributed by atoms with van der Waals surface area (Å²) in [6, 6.07) is 11.5. The molecular formula is C28H35F3N2. The van der Waals surface area contributed by atoms with E-state index >= 15 is 0 Å². The summed E-state index contributed by atoms with van der Waals surface area (Å²) in [5, 5.41) is 0. The lowest BCUT2D eigenvalue weighted by molar-refractivity contribution is -0.138. The van der Waals surface area contributed by atoms with Crippen LogP contribution in [-0.2, 0) is 18.0 Å². The average Bonchev–Trinajstić information content (AvgIpc) is 2.98. The van der Waals surface area contributed by atoms with Gasteiger partial charge in [0.25, 0.3) is 0 Å². The number of alkyl halides is 3. The molecule has 0 aromatic heterocycles. The van der Waals surface area contributed by atoms with Crippen LogP contribution in [0.4, 0.5) is 18.9 Å². The van der Waals surface area contributed by atoms with Crippen molar-refractivity contribution in [3.8, 4) is 0 Å². The van der Waals surface area contributed by atoms with Gasteiger partial charge in [-0.2, -0.15) is 13.2 Å². The highest BCUT2D eigenvalue weighted by molar-refractivity contribution is 5.71. The fourth-order valence-corrected chi connectivity index (χ4v) is 5.66. The average molecular weight is 457 g/mol. The van der Waals surface area contributed by atoms with E-state index in [0.29, 0.717) is 6.42 Å². The Morgan fingerprint density at radius 1 is 1.00 bits per heavy atom. The lowest BCUT2D eigenvalue weighted by Crippen LogP contribution is -2.44. The number of nitrogens with zero attached hydrogens (tertiary/aromatic N) is 2. The zero-order valence-electron chi connectivity index (χ0n) is 20.1. The van der Waals surface area contributed by atoms with Gasteiger partial charge in [-0.15, -0.1) is 0 Å². The first-order valence-electron chi connectivity index (χ1n) is 12.1. The van der Waals surface area contributed by atoms with Crippen molar-refractivity contribution in [3.63, 3.8) is 0 Å². The van der Waals surface area contributed by atoms with Crippen molar-refractivity contribution in [3.05, 3.63) is 76.5 Å². The van der Waals surface area contributed by atoms with E-state index < -0.39 is 11.7 Å². The van der Waals surface area contributed by atoms with E-state index in [0.717, 1.165) is 57.4 Å². The molecule has 2 aromatic carbocycles. The van der Waals surface area contributed by atoms with Gasteiger partial charge in [0.2, 0.25) is 0 Å². The largest absolute Gasteiger partial charge is 0.416 e. The van der Waals surface area contributed by atoms with Crippen LogP contribution < -0.4 is 4.90 Å². The van der Waals surface area contributed by atoms with Crippen LogP contribution in [0, 0.1) is 13.8 Å². The number of rotatable bonds is 6. The van der Waals surface area contributed by atoms with E-state index in [-0.39, 0.29) is 11.0 Å². The normalized spacial score (nSPS) is 18.2. The predicted octanol–water partition coefficient (Wildman–Crippen LogP) is 7.03. The van der Waals surface area contributed by atoms with E-state index in [9.17, 15) is 13.2 Å². The Morgan fingerprint density at radius 2 is 1.73 bits per heavy atom. The molecule has 1 saturated heterocycles. The van der Waals surface area contributed by atoms with Gasteiger partial charge in [0.1, 0.15) is 0 Å². The molecule has 0 bridgehead atoms. The third-order valence-corrected chi connectivity index (χ3v) is 7.54. The van der Waals surface area contributed by atoms with E-state index in [1.54, 1.807) is 6.07 Å². The molecule has 2 aliphatic rings. The van der Waals surface area contributed by atoms with Gasteiger partial charge in [0.15, 0.2) is 0 Å². The maximum Gasteiger partial charge on any atom is 0.416 e. The number of halogens is 3. The maximum atomic E-state index is 13.2. The summed E-state index contributed by atoms with van der Waals surface area (Å²) in [7, 11) is 0. The first kappa shape index (κ1) is 23.9. The monoisotopic (exact) mass is 456 g/mol. The van der Waals surface area contributed by atoms with Gasteiger partial charge in [-0.3, -0.25) is 0 Å². The Hall–Kier alpha value is -2.27. The Bertz CT molecular complexity index is 1020. The van der Waals surface area contributed by atoms with Crippen molar-refractivity contribution in [1.82, 2.24) is 4.90 Å². The zero-order valence-corrected chi connectivity index (χ0v) is 20.1. The lowest BCUT2D eigenvalue weighted by Gasteiger charge is -2.41. The first-order chi connectivity index (χ1) is 15.7. The molecule has 4 rings (SSSR count). The number of piperidine rings is 1. The minimum Gasteiger partial charge on any atom is -0.345 e. The maximum absolute atomic E-state index is 13.2. The van der Waals surface area contributed by atoms with Crippen molar-refractivity contribution in [2.45, 2.75) is 64.5 Å². The van der Waals surface area contributed by atoms with Crippen LogP contribution in [0.3, 0.4) is 0 Å². The quantitative estimate of drug-likeness (QED) is 0.460. The second kappa shape index (κ2) is 9.17. The van der Waals surface area contributed by atoms with E-state index in [1.807, 2.05) is 6.07 Å². The van der Waals surface area contributed by atoms with Gasteiger partial charge in [0.05, 0.1) is 5.56 Å². The molecule has 0 saturated carbocycles. The second-order valence-corrected chi connectivity index (χ2v) is 9.79. The fourth-order valence-electron chi connectivity index (χ4n) is 5.66. The van der Waals surface area contributed by atoms with Crippen molar-refractivity contribution < 1.29 is 13.2 Å². The fraction of sp³-hybridized carbons (Fsp3) is 0.500. The molecule has 33 heavy (non-hydrogen) atoms. The second-order valence-electron chi connectivity index (χ2n) is 9.79. The first-order valence-corrected chi connectivity index (χ1v) is 12.1. The number of aryl methyl sites for hydroxylation is 3. The molecule has 0 radical (unpaired) electrons. The van der Waals surface area contributed by atoms with Crippen LogP contribution in [0.1, 0.15) is 60.4 Å². The number of hydrogen-bond acceptors (Lipinski definition) is 2. The van der Waals surface area contributed by atoms with Gasteiger partial charge in [-0.1, -0.05) is 43.3 Å². The van der Waals surface area contributed by atoms with Gasteiger partial charge >= 0.3 is 6.18 Å². The number of hydrogen-bond donors (Lipinski definition) is 0. The van der Waals surface area contributed by atoms with Crippen LogP contribution in [0.5, 0.6) is 0 Å². The van der Waals surface area contributed by atoms with Crippen LogP contribution in [0.2, 0.25) is 0 Å². The molecule has 0 amide bonds. The molecule has 0 unspecified atom stereocenters. The standard InChI is InChI=1S/C28H35F3N2/c1-5-14-33-22(4)27(25-18-20(2)8-11-26(25)33)12-16-32(17-13-27)15-6-7-23-10-9-21(3)24(19-23)28(29,30)31/h8-11,18-19H,4-7,12-17H2,1-3H3. The molecule has 1 fully saturated rings. The van der Waals surface area contributed by atoms with Crippen molar-refractivity contribution in [2.75, 3.05) is 31.1 Å². The van der Waals surface area contributed by atoms with Gasteiger partial charge in [-0.25, -0.2) is 0 Å². The number of anilines is 1. The summed E-state index contributed by atoms with van der Waals surface area (Å²) in [6.45, 7) is 14.3. The summed E-state index contributed by atoms with van der Waals surface area (Å²) in [5.74, 6) is 0.